The third-order valence-corrected chi connectivity index (χ3v) is 4.85. The molecule has 0 aliphatic carbocycles. The zero-order valence-electron chi connectivity index (χ0n) is 14.0. The molecule has 1 saturated heterocycles. The van der Waals surface area contributed by atoms with Gasteiger partial charge in [-0.05, 0) is 32.9 Å². The SMILES string of the molecule is CC(C)(C)OC(=O)N=[S@](C)(=O)c1cccnc1N1CCNCC1. The van der Waals surface area contributed by atoms with E-state index in [0.29, 0.717) is 10.7 Å². The van der Waals surface area contributed by atoms with Crippen LogP contribution in [0.5, 0.6) is 0 Å². The zero-order chi connectivity index (χ0) is 17.1. The van der Waals surface area contributed by atoms with Crippen LogP contribution in [0.4, 0.5) is 10.6 Å². The molecule has 1 aliphatic rings. The predicted octanol–water partition coefficient (Wildman–Crippen LogP) is 1.88. The minimum Gasteiger partial charge on any atom is -0.442 e. The average Bonchev–Trinajstić information content (AvgIpc) is 2.45. The Morgan fingerprint density at radius 2 is 2.04 bits per heavy atom. The Bertz CT molecular complexity index is 684. The summed E-state index contributed by atoms with van der Waals surface area (Å²) < 4.78 is 22.0. The van der Waals surface area contributed by atoms with Gasteiger partial charge in [0.25, 0.3) is 0 Å². The number of carbonyl (C=O) groups excluding carboxylic acids is 1. The number of rotatable bonds is 2. The van der Waals surface area contributed by atoms with E-state index in [9.17, 15) is 9.00 Å². The van der Waals surface area contributed by atoms with Crippen LogP contribution in [0.25, 0.3) is 0 Å². The molecule has 1 aliphatic heterocycles. The van der Waals surface area contributed by atoms with Crippen molar-refractivity contribution in [2.45, 2.75) is 31.3 Å². The summed E-state index contributed by atoms with van der Waals surface area (Å²) >= 11 is 0. The maximum absolute atomic E-state index is 13.0. The fraction of sp³-hybridized carbons (Fsp3) is 0.600. The van der Waals surface area contributed by atoms with Crippen LogP contribution in [-0.4, -0.2) is 53.3 Å². The Balaban J connectivity index is 2.36. The van der Waals surface area contributed by atoms with Gasteiger partial charge in [0.1, 0.15) is 11.4 Å². The molecule has 0 unspecified atom stereocenters. The Morgan fingerprint density at radius 3 is 2.65 bits per heavy atom. The first-order chi connectivity index (χ1) is 10.7. The molecule has 0 saturated carbocycles. The number of nitrogens with zero attached hydrogens (tertiary/aromatic N) is 3. The average molecular weight is 340 g/mol. The van der Waals surface area contributed by atoms with Crippen LogP contribution >= 0.6 is 0 Å². The van der Waals surface area contributed by atoms with Crippen LogP contribution in [0, 0.1) is 0 Å². The highest BCUT2D eigenvalue weighted by Gasteiger charge is 2.22. The van der Waals surface area contributed by atoms with E-state index >= 15 is 0 Å². The summed E-state index contributed by atoms with van der Waals surface area (Å²) in [7, 11) is -2.94. The highest BCUT2D eigenvalue weighted by molar-refractivity contribution is 7.93. The molecule has 1 fully saturated rings. The Kier molecular flexibility index (Phi) is 5.26. The molecule has 8 heteroatoms. The van der Waals surface area contributed by atoms with Crippen molar-refractivity contribution >= 4 is 21.6 Å². The summed E-state index contributed by atoms with van der Waals surface area (Å²) in [6, 6.07) is 3.41. The van der Waals surface area contributed by atoms with Crippen LogP contribution < -0.4 is 10.2 Å². The predicted molar refractivity (Wildman–Crippen MR) is 90.3 cm³/mol. The van der Waals surface area contributed by atoms with Gasteiger partial charge < -0.3 is 15.0 Å². The number of carbonyl (C=O) groups is 1. The first kappa shape index (κ1) is 17.7. The van der Waals surface area contributed by atoms with Crippen molar-refractivity contribution in [1.82, 2.24) is 10.3 Å². The molecule has 0 radical (unpaired) electrons. The molecule has 7 nitrogen and oxygen atoms in total. The standard InChI is InChI=1S/C15H24N4O3S/c1-15(2,3)22-14(20)18-23(4,21)12-6-5-7-17-13(12)19-10-8-16-9-11-19/h5-7,16H,8-11H2,1-4H3/t23-/m1/s1. The molecule has 0 spiro atoms. The lowest BCUT2D eigenvalue weighted by atomic mass is 10.2. The zero-order valence-corrected chi connectivity index (χ0v) is 14.9. The van der Waals surface area contributed by atoms with E-state index in [2.05, 4.69) is 19.6 Å². The van der Waals surface area contributed by atoms with Crippen LogP contribution in [0.15, 0.2) is 27.6 Å². The van der Waals surface area contributed by atoms with Gasteiger partial charge in [0.15, 0.2) is 0 Å². The van der Waals surface area contributed by atoms with Crippen molar-refractivity contribution in [2.24, 2.45) is 4.36 Å². The second kappa shape index (κ2) is 6.84. The van der Waals surface area contributed by atoms with Gasteiger partial charge in [0.05, 0.1) is 14.6 Å². The van der Waals surface area contributed by atoms with E-state index in [-0.39, 0.29) is 0 Å². The molecule has 0 bridgehead atoms. The summed E-state index contributed by atoms with van der Waals surface area (Å²) in [6.45, 7) is 8.45. The number of nitrogens with one attached hydrogen (secondary N) is 1. The number of hydrogen-bond donors (Lipinski definition) is 1. The molecule has 0 aromatic carbocycles. The quantitative estimate of drug-likeness (QED) is 0.885. The molecule has 1 aromatic rings. The van der Waals surface area contributed by atoms with Gasteiger partial charge >= 0.3 is 6.09 Å². The third-order valence-electron chi connectivity index (χ3n) is 3.22. The Morgan fingerprint density at radius 1 is 1.39 bits per heavy atom. The summed E-state index contributed by atoms with van der Waals surface area (Å²) in [5, 5.41) is 3.26. The van der Waals surface area contributed by atoms with E-state index in [4.69, 9.17) is 4.74 Å². The Hall–Kier alpha value is -1.67. The third kappa shape index (κ3) is 4.90. The molecular weight excluding hydrogens is 316 g/mol. The largest absolute Gasteiger partial charge is 0.442 e. The number of aromatic nitrogens is 1. The van der Waals surface area contributed by atoms with Crippen molar-refractivity contribution in [3.63, 3.8) is 0 Å². The molecule has 2 heterocycles. The van der Waals surface area contributed by atoms with E-state index < -0.39 is 21.4 Å². The van der Waals surface area contributed by atoms with Crippen molar-refractivity contribution in [3.05, 3.63) is 18.3 Å². The number of ether oxygens (including phenoxy) is 1. The van der Waals surface area contributed by atoms with Gasteiger partial charge in [0, 0.05) is 38.6 Å². The molecule has 2 rings (SSSR count). The highest BCUT2D eigenvalue weighted by atomic mass is 32.2. The molecule has 128 valence electrons. The topological polar surface area (TPSA) is 83.9 Å². The molecule has 1 atom stereocenters. The minimum absolute atomic E-state index is 0.466. The van der Waals surface area contributed by atoms with Gasteiger partial charge in [-0.15, -0.1) is 4.36 Å². The number of amides is 1. The first-order valence-electron chi connectivity index (χ1n) is 7.55. The second-order valence-electron chi connectivity index (χ2n) is 6.44. The number of anilines is 1. The normalized spacial score (nSPS) is 18.2. The van der Waals surface area contributed by atoms with Gasteiger partial charge in [-0.2, -0.15) is 0 Å². The van der Waals surface area contributed by atoms with Crippen LogP contribution in [0.2, 0.25) is 0 Å². The molecule has 1 aromatic heterocycles. The number of pyridine rings is 1. The van der Waals surface area contributed by atoms with E-state index in [1.54, 1.807) is 39.1 Å². The number of hydrogen-bond acceptors (Lipinski definition) is 6. The first-order valence-corrected chi connectivity index (χ1v) is 9.47. The summed E-state index contributed by atoms with van der Waals surface area (Å²) in [6.07, 6.45) is 2.28. The van der Waals surface area contributed by atoms with Crippen molar-refractivity contribution in [1.29, 1.82) is 0 Å². The molecular formula is C15H24N4O3S. The van der Waals surface area contributed by atoms with E-state index in [1.165, 1.54) is 6.26 Å². The van der Waals surface area contributed by atoms with Crippen LogP contribution in [0.1, 0.15) is 20.8 Å². The summed E-state index contributed by atoms with van der Waals surface area (Å²) in [5.74, 6) is 0.619. The maximum atomic E-state index is 13.0. The van der Waals surface area contributed by atoms with Crippen molar-refractivity contribution in [3.8, 4) is 0 Å². The lowest BCUT2D eigenvalue weighted by Gasteiger charge is -2.29. The number of piperazine rings is 1. The second-order valence-corrected chi connectivity index (χ2v) is 8.66. The maximum Gasteiger partial charge on any atom is 0.442 e. The van der Waals surface area contributed by atoms with Crippen molar-refractivity contribution < 1.29 is 13.7 Å². The van der Waals surface area contributed by atoms with E-state index in [1.807, 2.05) is 0 Å². The summed E-state index contributed by atoms with van der Waals surface area (Å²) in [5.41, 5.74) is -0.674. The Labute approximate surface area is 137 Å². The summed E-state index contributed by atoms with van der Waals surface area (Å²) in [4.78, 5) is 18.8. The smallest absolute Gasteiger partial charge is 0.442 e. The minimum atomic E-state index is -2.94. The molecule has 1 N–H and O–H groups in total. The monoisotopic (exact) mass is 340 g/mol. The molecule has 23 heavy (non-hydrogen) atoms. The lowest BCUT2D eigenvalue weighted by molar-refractivity contribution is 0.0607. The van der Waals surface area contributed by atoms with Gasteiger partial charge in [-0.3, -0.25) is 0 Å². The van der Waals surface area contributed by atoms with Gasteiger partial charge in [0.2, 0.25) is 0 Å². The lowest BCUT2D eigenvalue weighted by Crippen LogP contribution is -2.44. The van der Waals surface area contributed by atoms with Crippen LogP contribution in [0.3, 0.4) is 0 Å². The van der Waals surface area contributed by atoms with Gasteiger partial charge in [-0.1, -0.05) is 0 Å². The van der Waals surface area contributed by atoms with E-state index in [0.717, 1.165) is 26.2 Å². The van der Waals surface area contributed by atoms with Crippen LogP contribution in [-0.2, 0) is 14.5 Å². The fourth-order valence-corrected chi connectivity index (χ4v) is 3.54. The van der Waals surface area contributed by atoms with Gasteiger partial charge in [-0.25, -0.2) is 14.0 Å². The highest BCUT2D eigenvalue weighted by Crippen LogP contribution is 2.24. The molecule has 1 amide bonds. The van der Waals surface area contributed by atoms with Crippen molar-refractivity contribution in [2.75, 3.05) is 37.3 Å². The fourth-order valence-electron chi connectivity index (χ4n) is 2.26.